The molecule has 122 valence electrons. The van der Waals surface area contributed by atoms with Crippen LogP contribution in [0.1, 0.15) is 31.2 Å². The molecule has 0 atom stereocenters. The molecule has 1 heterocycles. The van der Waals surface area contributed by atoms with Gasteiger partial charge in [0.2, 0.25) is 0 Å². The third kappa shape index (κ3) is 2.80. The Morgan fingerprint density at radius 2 is 2.00 bits per heavy atom. The van der Waals surface area contributed by atoms with Crippen molar-refractivity contribution in [2.24, 2.45) is 5.73 Å². The van der Waals surface area contributed by atoms with Gasteiger partial charge in [-0.25, -0.2) is 0 Å². The molecule has 1 aromatic rings. The van der Waals surface area contributed by atoms with E-state index >= 15 is 0 Å². The number of likely N-dealkylation sites (N-methyl/N-ethyl adjacent to an activating group) is 1. The number of methoxy groups -OCH3 is 1. The number of likely N-dealkylation sites (tertiary alicyclic amines) is 1. The van der Waals surface area contributed by atoms with E-state index in [1.807, 2.05) is 12.1 Å². The maximum Gasteiger partial charge on any atom is 0.165 e. The third-order valence-electron chi connectivity index (χ3n) is 5.08. The van der Waals surface area contributed by atoms with E-state index in [1.165, 1.54) is 12.8 Å². The second-order valence-corrected chi connectivity index (χ2v) is 7.07. The van der Waals surface area contributed by atoms with Gasteiger partial charge in [-0.1, -0.05) is 24.4 Å². The van der Waals surface area contributed by atoms with Gasteiger partial charge in [-0.05, 0) is 26.0 Å². The highest BCUT2D eigenvalue weighted by Crippen LogP contribution is 2.48. The highest BCUT2D eigenvalue weighted by Gasteiger charge is 2.39. The Bertz CT molecular complexity index is 538. The van der Waals surface area contributed by atoms with Crippen molar-refractivity contribution >= 4 is 11.6 Å². The van der Waals surface area contributed by atoms with Gasteiger partial charge >= 0.3 is 0 Å². The predicted octanol–water partition coefficient (Wildman–Crippen LogP) is 2.81. The molecule has 2 aliphatic rings. The smallest absolute Gasteiger partial charge is 0.165 e. The minimum atomic E-state index is -0.0246. The van der Waals surface area contributed by atoms with E-state index in [-0.39, 0.29) is 11.5 Å². The van der Waals surface area contributed by atoms with E-state index in [1.54, 1.807) is 7.11 Å². The number of hydrogen-bond acceptors (Lipinski definition) is 4. The Labute approximate surface area is 137 Å². The normalized spacial score (nSPS) is 21.6. The molecule has 0 bridgehead atoms. The molecule has 3 rings (SSSR count). The van der Waals surface area contributed by atoms with Crippen molar-refractivity contribution in [2.45, 2.75) is 37.2 Å². The maximum absolute atomic E-state index is 6.32. The molecule has 1 saturated carbocycles. The lowest BCUT2D eigenvalue weighted by Crippen LogP contribution is -2.51. The summed E-state index contributed by atoms with van der Waals surface area (Å²) in [5.41, 5.74) is 7.27. The lowest BCUT2D eigenvalue weighted by atomic mass is 9.78. The molecule has 2 N–H and O–H groups in total. The molecular formula is C17H25ClN2O2. The highest BCUT2D eigenvalue weighted by atomic mass is 35.5. The van der Waals surface area contributed by atoms with Crippen molar-refractivity contribution in [1.29, 1.82) is 0 Å². The summed E-state index contributed by atoms with van der Waals surface area (Å²) in [5.74, 6) is 1.56. The molecule has 1 aliphatic carbocycles. The molecule has 0 amide bonds. The molecule has 1 aromatic carbocycles. The van der Waals surface area contributed by atoms with Crippen LogP contribution in [0.15, 0.2) is 12.1 Å². The molecule has 22 heavy (non-hydrogen) atoms. The van der Waals surface area contributed by atoms with Crippen molar-refractivity contribution in [3.05, 3.63) is 22.7 Å². The van der Waals surface area contributed by atoms with E-state index in [0.717, 1.165) is 43.0 Å². The second-order valence-electron chi connectivity index (χ2n) is 6.64. The minimum Gasteiger partial charge on any atom is -0.493 e. The van der Waals surface area contributed by atoms with Crippen LogP contribution < -0.4 is 15.2 Å². The quantitative estimate of drug-likeness (QED) is 0.904. The first-order chi connectivity index (χ1) is 10.6. The van der Waals surface area contributed by atoms with Gasteiger partial charge in [-0.2, -0.15) is 0 Å². The topological polar surface area (TPSA) is 47.7 Å². The van der Waals surface area contributed by atoms with E-state index < -0.39 is 0 Å². The fraction of sp³-hybridized carbons (Fsp3) is 0.647. The molecule has 5 heteroatoms. The SMILES string of the molecule is COc1cc(Cl)cc(C2(CN)CCCC2)c1OC1CN(C)C1. The van der Waals surface area contributed by atoms with Gasteiger partial charge in [0, 0.05) is 41.7 Å². The van der Waals surface area contributed by atoms with Gasteiger partial charge in [0.1, 0.15) is 6.10 Å². The second kappa shape index (κ2) is 6.26. The molecular weight excluding hydrogens is 300 g/mol. The molecule has 2 fully saturated rings. The van der Waals surface area contributed by atoms with Gasteiger partial charge in [0.05, 0.1) is 7.11 Å². The van der Waals surface area contributed by atoms with Crippen LogP contribution in [0.3, 0.4) is 0 Å². The zero-order valence-electron chi connectivity index (χ0n) is 13.4. The molecule has 0 unspecified atom stereocenters. The summed E-state index contributed by atoms with van der Waals surface area (Å²) in [5, 5.41) is 0.685. The Balaban J connectivity index is 2.00. The summed E-state index contributed by atoms with van der Waals surface area (Å²) < 4.78 is 11.8. The van der Waals surface area contributed by atoms with E-state index in [2.05, 4.69) is 11.9 Å². The van der Waals surface area contributed by atoms with E-state index in [9.17, 15) is 0 Å². The average Bonchev–Trinajstić information content (AvgIpc) is 2.96. The summed E-state index contributed by atoms with van der Waals surface area (Å²) in [6.07, 6.45) is 4.81. The van der Waals surface area contributed by atoms with Gasteiger partial charge in [0.25, 0.3) is 0 Å². The number of nitrogens with two attached hydrogens (primary N) is 1. The van der Waals surface area contributed by atoms with Crippen LogP contribution in [0.4, 0.5) is 0 Å². The lowest BCUT2D eigenvalue weighted by molar-refractivity contribution is 0.0353. The standard InChI is InChI=1S/C17H25ClN2O2/c1-20-9-13(10-20)22-16-14(7-12(18)8-15(16)21-2)17(11-19)5-3-4-6-17/h7-8,13H,3-6,9-11,19H2,1-2H3. The van der Waals surface area contributed by atoms with Crippen LogP contribution in [0.5, 0.6) is 11.5 Å². The first-order valence-electron chi connectivity index (χ1n) is 8.01. The number of rotatable bonds is 5. The summed E-state index contributed by atoms with van der Waals surface area (Å²) in [7, 11) is 3.76. The van der Waals surface area contributed by atoms with Crippen LogP contribution in [0.2, 0.25) is 5.02 Å². The van der Waals surface area contributed by atoms with Gasteiger partial charge in [-0.3, -0.25) is 4.90 Å². The van der Waals surface area contributed by atoms with Crippen molar-refractivity contribution in [3.63, 3.8) is 0 Å². The summed E-state index contributed by atoms with van der Waals surface area (Å²) in [4.78, 5) is 2.24. The predicted molar refractivity (Wildman–Crippen MR) is 89.1 cm³/mol. The lowest BCUT2D eigenvalue weighted by Gasteiger charge is -2.38. The maximum atomic E-state index is 6.32. The Morgan fingerprint density at radius 3 is 2.55 bits per heavy atom. The van der Waals surface area contributed by atoms with Crippen LogP contribution in [-0.2, 0) is 5.41 Å². The molecule has 0 aromatic heterocycles. The number of ether oxygens (including phenoxy) is 2. The first kappa shape index (κ1) is 15.9. The molecule has 1 aliphatic heterocycles. The van der Waals surface area contributed by atoms with Crippen LogP contribution in [0.25, 0.3) is 0 Å². The fourth-order valence-corrected chi connectivity index (χ4v) is 3.96. The molecule has 0 spiro atoms. The van der Waals surface area contributed by atoms with Gasteiger partial charge < -0.3 is 15.2 Å². The van der Waals surface area contributed by atoms with Crippen molar-refractivity contribution < 1.29 is 9.47 Å². The van der Waals surface area contributed by atoms with E-state index in [0.29, 0.717) is 11.6 Å². The molecule has 4 nitrogen and oxygen atoms in total. The zero-order chi connectivity index (χ0) is 15.7. The zero-order valence-corrected chi connectivity index (χ0v) is 14.2. The molecule has 0 radical (unpaired) electrons. The largest absolute Gasteiger partial charge is 0.493 e. The fourth-order valence-electron chi connectivity index (χ4n) is 3.75. The van der Waals surface area contributed by atoms with Crippen molar-refractivity contribution in [2.75, 3.05) is 33.8 Å². The summed E-state index contributed by atoms with van der Waals surface area (Å²) in [6, 6.07) is 3.86. The minimum absolute atomic E-state index is 0.0246. The first-order valence-corrected chi connectivity index (χ1v) is 8.39. The number of halogens is 1. The van der Waals surface area contributed by atoms with Crippen LogP contribution in [-0.4, -0.2) is 44.8 Å². The van der Waals surface area contributed by atoms with Gasteiger partial charge in [0.15, 0.2) is 11.5 Å². The Morgan fingerprint density at radius 1 is 1.32 bits per heavy atom. The van der Waals surface area contributed by atoms with Crippen molar-refractivity contribution in [3.8, 4) is 11.5 Å². The van der Waals surface area contributed by atoms with Gasteiger partial charge in [-0.15, -0.1) is 0 Å². The Kier molecular flexibility index (Phi) is 4.53. The average molecular weight is 325 g/mol. The van der Waals surface area contributed by atoms with Crippen molar-refractivity contribution in [1.82, 2.24) is 4.90 Å². The van der Waals surface area contributed by atoms with E-state index in [4.69, 9.17) is 26.8 Å². The van der Waals surface area contributed by atoms with Crippen LogP contribution >= 0.6 is 11.6 Å². The Hall–Kier alpha value is -0.970. The van der Waals surface area contributed by atoms with Crippen LogP contribution in [0, 0.1) is 0 Å². The highest BCUT2D eigenvalue weighted by molar-refractivity contribution is 6.30. The summed E-state index contributed by atoms with van der Waals surface area (Å²) >= 11 is 6.32. The molecule has 1 saturated heterocycles. The number of benzene rings is 1. The number of nitrogens with zero attached hydrogens (tertiary/aromatic N) is 1. The third-order valence-corrected chi connectivity index (χ3v) is 5.30. The monoisotopic (exact) mass is 324 g/mol. The summed E-state index contributed by atoms with van der Waals surface area (Å²) in [6.45, 7) is 2.51. The number of hydrogen-bond donors (Lipinski definition) is 1.